The smallest absolute Gasteiger partial charge is 0.221 e. The number of nitrogens with one attached hydrogen (secondary N) is 1. The van der Waals surface area contributed by atoms with Crippen LogP contribution in [0.15, 0.2) is 48.5 Å². The number of hydrogen-bond donors (Lipinski definition) is 1. The van der Waals surface area contributed by atoms with E-state index in [0.29, 0.717) is 11.3 Å². The van der Waals surface area contributed by atoms with Gasteiger partial charge in [-0.3, -0.25) is 9.59 Å². The molecular formula is C34H55ClN2O3. The highest BCUT2D eigenvalue weighted by Crippen LogP contribution is 2.29. The molecule has 2 aromatic carbocycles. The summed E-state index contributed by atoms with van der Waals surface area (Å²) in [4.78, 5) is 32.3. The highest BCUT2D eigenvalue weighted by molar-refractivity contribution is 6.30. The lowest BCUT2D eigenvalue weighted by Gasteiger charge is -2.24. The van der Waals surface area contributed by atoms with Gasteiger partial charge < -0.3 is 15.0 Å². The summed E-state index contributed by atoms with van der Waals surface area (Å²) >= 11 is 5.85. The molecule has 1 aliphatic rings. The summed E-state index contributed by atoms with van der Waals surface area (Å²) < 4.78 is 0. The Kier molecular flexibility index (Phi) is 25.0. The third-order valence-electron chi connectivity index (χ3n) is 6.51. The molecule has 1 fully saturated rings. The summed E-state index contributed by atoms with van der Waals surface area (Å²) in [5, 5.41) is 3.40. The number of rotatable bonds is 8. The number of Topliss-reactive ketones (excluding diaryl/α,β-unsaturated/α-hetero) is 1. The van der Waals surface area contributed by atoms with E-state index in [0.717, 1.165) is 29.9 Å². The van der Waals surface area contributed by atoms with Gasteiger partial charge in [-0.2, -0.15) is 0 Å². The number of nitrogens with zero attached hydrogens (tertiary/aromatic N) is 1. The van der Waals surface area contributed by atoms with Crippen molar-refractivity contribution in [3.63, 3.8) is 0 Å². The number of para-hydroxylation sites is 1. The number of carbonyl (C=O) groups is 3. The summed E-state index contributed by atoms with van der Waals surface area (Å²) in [6.45, 7) is 20.2. The standard InChI is InChI=1S/C12H18ClN.C10H11NO2.C9H18.C2H6.CH2O/c1-3-9-14(10-4-2)12-7-5-11(13)6-8-12;1-7(12)9-5-3-4-6-10(9)11-8(2)13;1-3-9-6-4-8(2)5-7-9;2*1-2/h5-8H,3-4,9-10H2,1-2H3;3-6H,1-2H3,(H,11,13);8-9H,3-7H2,1-2H3;1-2H3;1H2. The molecule has 6 heteroatoms. The van der Waals surface area contributed by atoms with E-state index in [2.05, 4.69) is 50.0 Å². The number of amides is 1. The van der Waals surface area contributed by atoms with Crippen LogP contribution in [-0.4, -0.2) is 31.6 Å². The molecule has 1 aliphatic carbocycles. The lowest BCUT2D eigenvalue weighted by atomic mass is 9.82. The van der Waals surface area contributed by atoms with Crippen molar-refractivity contribution in [2.75, 3.05) is 23.3 Å². The maximum absolute atomic E-state index is 11.1. The lowest BCUT2D eigenvalue weighted by Crippen LogP contribution is -2.24. The second-order valence-corrected chi connectivity index (χ2v) is 10.2. The minimum absolute atomic E-state index is 0.0515. The Morgan fingerprint density at radius 3 is 1.80 bits per heavy atom. The number of hydrogen-bond acceptors (Lipinski definition) is 4. The van der Waals surface area contributed by atoms with Crippen LogP contribution in [0.25, 0.3) is 0 Å². The fourth-order valence-corrected chi connectivity index (χ4v) is 4.51. The average molecular weight is 575 g/mol. The van der Waals surface area contributed by atoms with Gasteiger partial charge in [0.05, 0.1) is 5.69 Å². The minimum Gasteiger partial charge on any atom is -0.372 e. The number of anilines is 2. The summed E-state index contributed by atoms with van der Waals surface area (Å²) in [5.74, 6) is 1.87. The predicted molar refractivity (Wildman–Crippen MR) is 175 cm³/mol. The summed E-state index contributed by atoms with van der Waals surface area (Å²) in [6, 6.07) is 15.0. The SMILES string of the molecule is C=O.CC.CC(=O)Nc1ccccc1C(C)=O.CCC1CCC(C)CC1.CCCN(CCC)c1ccc(Cl)cc1. The molecule has 1 N–H and O–H groups in total. The Bertz CT molecular complexity index is 904. The molecular weight excluding hydrogens is 520 g/mol. The first-order valence-electron chi connectivity index (χ1n) is 14.9. The van der Waals surface area contributed by atoms with Crippen LogP contribution >= 0.6 is 11.6 Å². The lowest BCUT2D eigenvalue weighted by molar-refractivity contribution is -0.114. The normalized spacial score (nSPS) is 15.1. The van der Waals surface area contributed by atoms with E-state index >= 15 is 0 Å². The molecule has 0 radical (unpaired) electrons. The third kappa shape index (κ3) is 17.8. The maximum atomic E-state index is 11.1. The fraction of sp³-hybridized carbons (Fsp3) is 0.559. The molecule has 0 aromatic heterocycles. The molecule has 1 amide bonds. The number of carbonyl (C=O) groups excluding carboxylic acids is 3. The number of halogens is 1. The fourth-order valence-electron chi connectivity index (χ4n) is 4.39. The molecule has 1 saturated carbocycles. The van der Waals surface area contributed by atoms with Crippen molar-refractivity contribution in [1.29, 1.82) is 0 Å². The first-order chi connectivity index (χ1) is 19.2. The van der Waals surface area contributed by atoms with Crippen LogP contribution < -0.4 is 10.2 Å². The monoisotopic (exact) mass is 574 g/mol. The van der Waals surface area contributed by atoms with Gasteiger partial charge in [-0.1, -0.05) is 97.4 Å². The quantitative estimate of drug-likeness (QED) is 0.318. The summed E-state index contributed by atoms with van der Waals surface area (Å²) in [6.07, 6.45) is 9.74. The van der Waals surface area contributed by atoms with E-state index in [9.17, 15) is 9.59 Å². The third-order valence-corrected chi connectivity index (χ3v) is 6.76. The Hall–Kier alpha value is -2.66. The molecule has 2 aromatic rings. The molecule has 5 nitrogen and oxygen atoms in total. The Morgan fingerprint density at radius 1 is 0.875 bits per heavy atom. The van der Waals surface area contributed by atoms with Gasteiger partial charge >= 0.3 is 0 Å². The zero-order chi connectivity index (χ0) is 30.9. The van der Waals surface area contributed by atoms with E-state index in [-0.39, 0.29) is 11.7 Å². The van der Waals surface area contributed by atoms with Gasteiger partial charge in [0.25, 0.3) is 0 Å². The second kappa shape index (κ2) is 25.3. The van der Waals surface area contributed by atoms with Crippen molar-refractivity contribution in [2.24, 2.45) is 11.8 Å². The highest BCUT2D eigenvalue weighted by atomic mass is 35.5. The predicted octanol–water partition coefficient (Wildman–Crippen LogP) is 9.88. The van der Waals surface area contributed by atoms with E-state index in [1.165, 1.54) is 64.5 Å². The van der Waals surface area contributed by atoms with Crippen LogP contribution in [0.1, 0.15) is 111 Å². The van der Waals surface area contributed by atoms with Crippen LogP contribution in [0.3, 0.4) is 0 Å². The molecule has 0 spiro atoms. The van der Waals surface area contributed by atoms with Crippen molar-refractivity contribution < 1.29 is 14.4 Å². The molecule has 0 atom stereocenters. The summed E-state index contributed by atoms with van der Waals surface area (Å²) in [5.41, 5.74) is 2.39. The van der Waals surface area contributed by atoms with Gasteiger partial charge in [0, 0.05) is 36.3 Å². The first kappa shape index (κ1) is 39.5. The Balaban J connectivity index is 0. The molecule has 0 saturated heterocycles. The van der Waals surface area contributed by atoms with E-state index in [1.54, 1.807) is 24.3 Å². The second-order valence-electron chi connectivity index (χ2n) is 9.78. The van der Waals surface area contributed by atoms with Gasteiger partial charge in [0.2, 0.25) is 5.91 Å². The van der Waals surface area contributed by atoms with Gasteiger partial charge in [0.15, 0.2) is 5.78 Å². The molecule has 40 heavy (non-hydrogen) atoms. The van der Waals surface area contributed by atoms with Gasteiger partial charge in [-0.15, -0.1) is 0 Å². The van der Waals surface area contributed by atoms with E-state index in [4.69, 9.17) is 16.4 Å². The van der Waals surface area contributed by atoms with Crippen LogP contribution in [0.2, 0.25) is 5.02 Å². The van der Waals surface area contributed by atoms with Crippen molar-refractivity contribution in [1.82, 2.24) is 0 Å². The molecule has 0 aliphatic heterocycles. The van der Waals surface area contributed by atoms with Crippen LogP contribution in [0.4, 0.5) is 11.4 Å². The van der Waals surface area contributed by atoms with Crippen molar-refractivity contribution in [3.05, 3.63) is 59.1 Å². The molecule has 0 bridgehead atoms. The zero-order valence-electron chi connectivity index (χ0n) is 26.4. The Labute approximate surface area is 250 Å². The van der Waals surface area contributed by atoms with Gasteiger partial charge in [-0.05, 0) is 68.0 Å². The maximum Gasteiger partial charge on any atom is 0.221 e. The van der Waals surface area contributed by atoms with Crippen molar-refractivity contribution in [3.8, 4) is 0 Å². The van der Waals surface area contributed by atoms with E-state index < -0.39 is 0 Å². The number of benzene rings is 2. The molecule has 0 heterocycles. The van der Waals surface area contributed by atoms with Crippen LogP contribution in [-0.2, 0) is 9.59 Å². The summed E-state index contributed by atoms with van der Waals surface area (Å²) in [7, 11) is 0. The first-order valence-corrected chi connectivity index (χ1v) is 15.3. The average Bonchev–Trinajstić information content (AvgIpc) is 2.96. The highest BCUT2D eigenvalue weighted by Gasteiger charge is 2.15. The Morgan fingerprint density at radius 2 is 1.38 bits per heavy atom. The molecule has 3 rings (SSSR count). The van der Waals surface area contributed by atoms with Crippen LogP contribution in [0, 0.1) is 11.8 Å². The number of ketones is 1. The largest absolute Gasteiger partial charge is 0.372 e. The van der Waals surface area contributed by atoms with Gasteiger partial charge in [0.1, 0.15) is 6.79 Å². The zero-order valence-corrected chi connectivity index (χ0v) is 27.2. The minimum atomic E-state index is -0.172. The van der Waals surface area contributed by atoms with E-state index in [1.807, 2.05) is 32.8 Å². The molecule has 0 unspecified atom stereocenters. The van der Waals surface area contributed by atoms with Crippen molar-refractivity contribution in [2.45, 2.75) is 100 Å². The van der Waals surface area contributed by atoms with Crippen molar-refractivity contribution >= 4 is 41.5 Å². The topological polar surface area (TPSA) is 66.5 Å². The van der Waals surface area contributed by atoms with Crippen LogP contribution in [0.5, 0.6) is 0 Å². The van der Waals surface area contributed by atoms with Gasteiger partial charge in [-0.25, -0.2) is 0 Å². The molecule has 226 valence electrons.